The van der Waals surface area contributed by atoms with Gasteiger partial charge >= 0.3 is 0 Å². The molecule has 2 heterocycles. The summed E-state index contributed by atoms with van der Waals surface area (Å²) in [5, 5.41) is 20.6. The first kappa shape index (κ1) is 21.5. The van der Waals surface area contributed by atoms with Crippen LogP contribution in [0, 0.1) is 27.3 Å². The van der Waals surface area contributed by atoms with Crippen molar-refractivity contribution in [3.8, 4) is 6.07 Å². The first-order valence-corrected chi connectivity index (χ1v) is 10.3. The lowest BCUT2D eigenvalue weighted by Crippen LogP contribution is -2.49. The van der Waals surface area contributed by atoms with Gasteiger partial charge in [0.2, 0.25) is 0 Å². The maximum Gasteiger partial charge on any atom is 0.270 e. The van der Waals surface area contributed by atoms with Crippen molar-refractivity contribution in [1.29, 1.82) is 5.26 Å². The van der Waals surface area contributed by atoms with E-state index in [1.807, 2.05) is 15.9 Å². The third-order valence-electron chi connectivity index (χ3n) is 5.76. The Kier molecular flexibility index (Phi) is 6.18. The van der Waals surface area contributed by atoms with Crippen molar-refractivity contribution in [1.82, 2.24) is 4.90 Å². The van der Waals surface area contributed by atoms with Gasteiger partial charge in [-0.15, -0.1) is 0 Å². The largest absolute Gasteiger partial charge is 0.378 e. The van der Waals surface area contributed by atoms with Crippen LogP contribution >= 0.6 is 0 Å². The molecule has 2 aliphatic heterocycles. The fraction of sp³-hybridized carbons (Fsp3) is 0.364. The summed E-state index contributed by atoms with van der Waals surface area (Å²) in [4.78, 5) is 29.8. The van der Waals surface area contributed by atoms with Crippen LogP contribution in [0.25, 0.3) is 0 Å². The van der Waals surface area contributed by atoms with E-state index in [0.717, 1.165) is 0 Å². The minimum Gasteiger partial charge on any atom is -0.378 e. The van der Waals surface area contributed by atoms with Crippen molar-refractivity contribution in [3.05, 3.63) is 63.5 Å². The Labute approximate surface area is 184 Å². The quantitative estimate of drug-likeness (QED) is 0.532. The summed E-state index contributed by atoms with van der Waals surface area (Å²) in [6.45, 7) is 3.96. The second kappa shape index (κ2) is 9.20. The van der Waals surface area contributed by atoms with E-state index in [1.54, 1.807) is 17.0 Å². The minimum absolute atomic E-state index is 0.131. The average Bonchev–Trinajstić information content (AvgIpc) is 2.83. The molecule has 2 aliphatic rings. The number of amides is 1. The molecule has 0 unspecified atom stereocenters. The van der Waals surface area contributed by atoms with Crippen LogP contribution in [0.15, 0.2) is 36.4 Å². The smallest absolute Gasteiger partial charge is 0.270 e. The Balaban J connectivity index is 1.54. The van der Waals surface area contributed by atoms with E-state index in [1.165, 1.54) is 24.3 Å². The number of piperazine rings is 1. The number of hydrogen-bond donors (Lipinski definition) is 0. The molecule has 0 saturated carbocycles. The van der Waals surface area contributed by atoms with Crippen LogP contribution in [-0.2, 0) is 4.74 Å². The van der Waals surface area contributed by atoms with E-state index in [-0.39, 0.29) is 17.2 Å². The van der Waals surface area contributed by atoms with Crippen LogP contribution in [0.2, 0.25) is 0 Å². The van der Waals surface area contributed by atoms with E-state index in [9.17, 15) is 24.6 Å². The number of nitriles is 1. The van der Waals surface area contributed by atoms with Gasteiger partial charge in [-0.1, -0.05) is 0 Å². The van der Waals surface area contributed by atoms with Crippen molar-refractivity contribution in [2.75, 3.05) is 62.3 Å². The van der Waals surface area contributed by atoms with Gasteiger partial charge < -0.3 is 19.4 Å². The molecule has 32 heavy (non-hydrogen) atoms. The molecule has 0 radical (unpaired) electrons. The van der Waals surface area contributed by atoms with Crippen LogP contribution in [-0.4, -0.2) is 68.2 Å². The zero-order valence-corrected chi connectivity index (χ0v) is 17.4. The number of anilines is 2. The highest BCUT2D eigenvalue weighted by Gasteiger charge is 2.28. The van der Waals surface area contributed by atoms with Crippen LogP contribution in [0.5, 0.6) is 0 Å². The molecule has 1 amide bonds. The fourth-order valence-corrected chi connectivity index (χ4v) is 4.08. The number of nitro benzene ring substituents is 1. The number of halogens is 1. The van der Waals surface area contributed by atoms with Gasteiger partial charge in [-0.05, 0) is 24.3 Å². The summed E-state index contributed by atoms with van der Waals surface area (Å²) < 4.78 is 18.8. The van der Waals surface area contributed by atoms with Gasteiger partial charge in [-0.3, -0.25) is 14.9 Å². The summed E-state index contributed by atoms with van der Waals surface area (Å²) in [7, 11) is 0. The number of carbonyl (C=O) groups excluding carboxylic acids is 1. The predicted octanol–water partition coefficient (Wildman–Crippen LogP) is 2.40. The second-order valence-corrected chi connectivity index (χ2v) is 7.61. The molecule has 0 aromatic heterocycles. The Hall–Kier alpha value is -3.71. The second-order valence-electron chi connectivity index (χ2n) is 7.61. The maximum absolute atomic E-state index is 13.5. The normalized spacial score (nSPS) is 16.6. The van der Waals surface area contributed by atoms with E-state index in [0.29, 0.717) is 69.4 Å². The van der Waals surface area contributed by atoms with Crippen molar-refractivity contribution < 1.29 is 18.8 Å². The molecule has 0 aliphatic carbocycles. The van der Waals surface area contributed by atoms with Crippen molar-refractivity contribution in [2.24, 2.45) is 0 Å². The van der Waals surface area contributed by atoms with Crippen molar-refractivity contribution in [3.63, 3.8) is 0 Å². The highest BCUT2D eigenvalue weighted by atomic mass is 19.1. The molecule has 0 spiro atoms. The molecule has 0 N–H and O–H groups in total. The molecular weight excluding hydrogens is 417 g/mol. The number of hydrogen-bond acceptors (Lipinski definition) is 7. The molecule has 2 fully saturated rings. The molecule has 2 aromatic rings. The van der Waals surface area contributed by atoms with Crippen LogP contribution in [0.3, 0.4) is 0 Å². The SMILES string of the molecule is N#Cc1cc(F)ccc1N1CCN(C(=O)c2cc([N+](=O)[O-])ccc2N2CCOCC2)CC1. The van der Waals surface area contributed by atoms with Gasteiger partial charge in [0.05, 0.1) is 40.6 Å². The monoisotopic (exact) mass is 439 g/mol. The number of benzene rings is 2. The summed E-state index contributed by atoms with van der Waals surface area (Å²) in [5.74, 6) is -0.741. The summed E-state index contributed by atoms with van der Waals surface area (Å²) in [5.41, 5.74) is 1.71. The van der Waals surface area contributed by atoms with Crippen LogP contribution < -0.4 is 9.80 Å². The first-order chi connectivity index (χ1) is 15.5. The van der Waals surface area contributed by atoms with E-state index >= 15 is 0 Å². The molecule has 4 rings (SSSR count). The average molecular weight is 439 g/mol. The maximum atomic E-state index is 13.5. The van der Waals surface area contributed by atoms with Gasteiger partial charge in [0.25, 0.3) is 11.6 Å². The third-order valence-corrected chi connectivity index (χ3v) is 5.76. The van der Waals surface area contributed by atoms with Gasteiger partial charge in [-0.2, -0.15) is 5.26 Å². The molecule has 0 atom stereocenters. The number of ether oxygens (including phenoxy) is 1. The van der Waals surface area contributed by atoms with Crippen molar-refractivity contribution in [2.45, 2.75) is 0 Å². The molecule has 9 nitrogen and oxygen atoms in total. The number of carbonyl (C=O) groups is 1. The van der Waals surface area contributed by atoms with Crippen LogP contribution in [0.1, 0.15) is 15.9 Å². The van der Waals surface area contributed by atoms with Gasteiger partial charge in [0.15, 0.2) is 0 Å². The molecule has 2 aromatic carbocycles. The zero-order chi connectivity index (χ0) is 22.7. The van der Waals surface area contributed by atoms with Gasteiger partial charge in [0.1, 0.15) is 11.9 Å². The third kappa shape index (κ3) is 4.33. The Morgan fingerprint density at radius 3 is 2.31 bits per heavy atom. The number of nitro groups is 1. The molecule has 10 heteroatoms. The number of rotatable bonds is 4. The van der Waals surface area contributed by atoms with E-state index < -0.39 is 10.7 Å². The topological polar surface area (TPSA) is 103 Å². The summed E-state index contributed by atoms with van der Waals surface area (Å²) in [6, 6.07) is 10.5. The standard InChI is InChI=1S/C22H22FN5O4/c23-17-1-3-20(16(13-17)15-24)25-5-7-27(8-6-25)22(29)19-14-18(28(30)31)2-4-21(19)26-9-11-32-12-10-26/h1-4,13-14H,5-12H2. The lowest BCUT2D eigenvalue weighted by atomic mass is 10.1. The Morgan fingerprint density at radius 1 is 1.00 bits per heavy atom. The van der Waals surface area contributed by atoms with E-state index in [4.69, 9.17) is 4.74 Å². The lowest BCUT2D eigenvalue weighted by Gasteiger charge is -2.37. The van der Waals surface area contributed by atoms with E-state index in [2.05, 4.69) is 0 Å². The lowest BCUT2D eigenvalue weighted by molar-refractivity contribution is -0.384. The minimum atomic E-state index is -0.504. The highest BCUT2D eigenvalue weighted by Crippen LogP contribution is 2.29. The molecule has 166 valence electrons. The van der Waals surface area contributed by atoms with Gasteiger partial charge in [0, 0.05) is 51.4 Å². The molecular formula is C22H22FN5O4. The van der Waals surface area contributed by atoms with Crippen LogP contribution in [0.4, 0.5) is 21.5 Å². The van der Waals surface area contributed by atoms with Crippen molar-refractivity contribution >= 4 is 23.0 Å². The highest BCUT2D eigenvalue weighted by molar-refractivity contribution is 6.00. The first-order valence-electron chi connectivity index (χ1n) is 10.3. The Bertz CT molecular complexity index is 1070. The number of non-ortho nitro benzene ring substituents is 1. The summed E-state index contributed by atoms with van der Waals surface area (Å²) in [6.07, 6.45) is 0. The summed E-state index contributed by atoms with van der Waals surface area (Å²) >= 11 is 0. The fourth-order valence-electron chi connectivity index (χ4n) is 4.08. The zero-order valence-electron chi connectivity index (χ0n) is 17.4. The predicted molar refractivity (Wildman–Crippen MR) is 115 cm³/mol. The Morgan fingerprint density at radius 2 is 1.66 bits per heavy atom. The molecule has 2 saturated heterocycles. The van der Waals surface area contributed by atoms with Gasteiger partial charge in [-0.25, -0.2) is 4.39 Å². The number of nitrogens with zero attached hydrogens (tertiary/aromatic N) is 5. The molecule has 0 bridgehead atoms. The number of morpholine rings is 1.